The van der Waals surface area contributed by atoms with Gasteiger partial charge in [0.15, 0.2) is 5.75 Å². The Morgan fingerprint density at radius 3 is 2.50 bits per heavy atom. The summed E-state index contributed by atoms with van der Waals surface area (Å²) >= 11 is 0. The van der Waals surface area contributed by atoms with Crippen LogP contribution in [0.15, 0.2) is 35.3 Å². The van der Waals surface area contributed by atoms with Crippen molar-refractivity contribution in [2.45, 2.75) is 33.1 Å². The Morgan fingerprint density at radius 2 is 1.90 bits per heavy atom. The highest BCUT2D eigenvalue weighted by Gasteiger charge is 2.20. The summed E-state index contributed by atoms with van der Waals surface area (Å²) < 4.78 is 1.53. The molecule has 2 aromatic rings. The van der Waals surface area contributed by atoms with E-state index in [-0.39, 0.29) is 11.3 Å². The second kappa shape index (κ2) is 5.09. The Labute approximate surface area is 117 Å². The van der Waals surface area contributed by atoms with Crippen molar-refractivity contribution < 1.29 is 5.11 Å². The summed E-state index contributed by atoms with van der Waals surface area (Å²) in [6.07, 6.45) is 1.24. The van der Waals surface area contributed by atoms with E-state index in [0.29, 0.717) is 18.9 Å². The smallest absolute Gasteiger partial charge is 0.295 e. The van der Waals surface area contributed by atoms with Gasteiger partial charge in [-0.1, -0.05) is 24.3 Å². The molecule has 5 heteroatoms. The Balaban J connectivity index is 1.84. The van der Waals surface area contributed by atoms with E-state index in [1.165, 1.54) is 21.9 Å². The zero-order valence-electron chi connectivity index (χ0n) is 11.4. The van der Waals surface area contributed by atoms with Gasteiger partial charge in [-0.05, 0) is 18.1 Å². The van der Waals surface area contributed by atoms with E-state index < -0.39 is 0 Å². The summed E-state index contributed by atoms with van der Waals surface area (Å²) in [4.78, 5) is 18.3. The largest absolute Gasteiger partial charge is 0.502 e. The van der Waals surface area contributed by atoms with Crippen molar-refractivity contribution in [2.24, 2.45) is 0 Å². The van der Waals surface area contributed by atoms with E-state index in [1.807, 2.05) is 19.1 Å². The Morgan fingerprint density at radius 1 is 1.25 bits per heavy atom. The molecule has 20 heavy (non-hydrogen) atoms. The topological polar surface area (TPSA) is 58.4 Å². The molecule has 1 aromatic carbocycles. The SMILES string of the molecule is CCn1c(CN2Cc3ccccc3C2)ncc(O)c1=O. The molecular formula is C15H17N3O2. The molecule has 0 unspecified atom stereocenters. The van der Waals surface area contributed by atoms with Gasteiger partial charge in [0, 0.05) is 19.6 Å². The van der Waals surface area contributed by atoms with Crippen molar-refractivity contribution >= 4 is 0 Å². The van der Waals surface area contributed by atoms with Gasteiger partial charge in [0.2, 0.25) is 0 Å². The van der Waals surface area contributed by atoms with Gasteiger partial charge < -0.3 is 5.11 Å². The lowest BCUT2D eigenvalue weighted by atomic mass is 10.1. The molecule has 0 spiro atoms. The van der Waals surface area contributed by atoms with Crippen LogP contribution in [0.3, 0.4) is 0 Å². The lowest BCUT2D eigenvalue weighted by Gasteiger charge is -2.17. The zero-order valence-corrected chi connectivity index (χ0v) is 11.4. The van der Waals surface area contributed by atoms with Gasteiger partial charge in [0.1, 0.15) is 5.82 Å². The molecular weight excluding hydrogens is 254 g/mol. The van der Waals surface area contributed by atoms with E-state index in [4.69, 9.17) is 0 Å². The van der Waals surface area contributed by atoms with Crippen LogP contribution in [0.2, 0.25) is 0 Å². The highest BCUT2D eigenvalue weighted by Crippen LogP contribution is 2.23. The number of hydrogen-bond donors (Lipinski definition) is 1. The molecule has 1 aliphatic rings. The minimum Gasteiger partial charge on any atom is -0.502 e. The average Bonchev–Trinajstić information content (AvgIpc) is 2.85. The Hall–Kier alpha value is -2.14. The monoisotopic (exact) mass is 271 g/mol. The predicted molar refractivity (Wildman–Crippen MR) is 75.2 cm³/mol. The summed E-state index contributed by atoms with van der Waals surface area (Å²) in [6.45, 7) is 4.74. The van der Waals surface area contributed by atoms with E-state index >= 15 is 0 Å². The first-order chi connectivity index (χ1) is 9.69. The first kappa shape index (κ1) is 12.9. The third-order valence-corrected chi connectivity index (χ3v) is 3.70. The van der Waals surface area contributed by atoms with Crippen LogP contribution in [0.4, 0.5) is 0 Å². The highest BCUT2D eigenvalue weighted by molar-refractivity contribution is 5.30. The molecule has 104 valence electrons. The molecule has 0 bridgehead atoms. The summed E-state index contributed by atoms with van der Waals surface area (Å²) in [6, 6.07) is 8.35. The van der Waals surface area contributed by atoms with Crippen molar-refractivity contribution in [3.05, 3.63) is 57.8 Å². The molecule has 2 heterocycles. The fourth-order valence-corrected chi connectivity index (χ4v) is 2.68. The van der Waals surface area contributed by atoms with Crippen LogP contribution in [0, 0.1) is 0 Å². The van der Waals surface area contributed by atoms with Gasteiger partial charge in [-0.15, -0.1) is 0 Å². The van der Waals surface area contributed by atoms with Crippen molar-refractivity contribution in [3.8, 4) is 5.75 Å². The van der Waals surface area contributed by atoms with E-state index in [0.717, 1.165) is 13.1 Å². The molecule has 0 saturated carbocycles. The molecule has 0 amide bonds. The average molecular weight is 271 g/mol. The van der Waals surface area contributed by atoms with E-state index in [9.17, 15) is 9.90 Å². The number of hydrogen-bond acceptors (Lipinski definition) is 4. The number of rotatable bonds is 3. The molecule has 3 rings (SSSR count). The third kappa shape index (κ3) is 2.20. The van der Waals surface area contributed by atoms with Gasteiger partial charge in [-0.3, -0.25) is 14.3 Å². The van der Waals surface area contributed by atoms with E-state index in [2.05, 4.69) is 22.0 Å². The van der Waals surface area contributed by atoms with Crippen LogP contribution in [0.25, 0.3) is 0 Å². The quantitative estimate of drug-likeness (QED) is 0.918. The van der Waals surface area contributed by atoms with Crippen LogP contribution >= 0.6 is 0 Å². The lowest BCUT2D eigenvalue weighted by molar-refractivity contribution is 0.261. The fraction of sp³-hybridized carbons (Fsp3) is 0.333. The molecule has 0 aliphatic carbocycles. The van der Waals surface area contributed by atoms with Crippen molar-refractivity contribution in [1.29, 1.82) is 0 Å². The molecule has 0 radical (unpaired) electrons. The van der Waals surface area contributed by atoms with Gasteiger partial charge >= 0.3 is 0 Å². The standard InChI is InChI=1S/C15H17N3O2/c1-2-18-14(16-7-13(19)15(18)20)10-17-8-11-5-3-4-6-12(11)9-17/h3-7,19H,2,8-10H2,1H3. The number of fused-ring (bicyclic) bond motifs is 1. The number of aromatic hydroxyl groups is 1. The number of aromatic nitrogens is 2. The maximum absolute atomic E-state index is 11.9. The number of nitrogens with zero attached hydrogens (tertiary/aromatic N) is 3. The molecule has 1 aromatic heterocycles. The van der Waals surface area contributed by atoms with Crippen LogP contribution in [0.1, 0.15) is 23.9 Å². The summed E-state index contributed by atoms with van der Waals surface area (Å²) in [5.41, 5.74) is 2.29. The Kier molecular flexibility index (Phi) is 3.28. The minimum atomic E-state index is -0.366. The lowest BCUT2D eigenvalue weighted by Crippen LogP contribution is -2.28. The second-order valence-electron chi connectivity index (χ2n) is 5.02. The second-order valence-corrected chi connectivity index (χ2v) is 5.02. The first-order valence-corrected chi connectivity index (χ1v) is 6.76. The van der Waals surface area contributed by atoms with E-state index in [1.54, 1.807) is 0 Å². The van der Waals surface area contributed by atoms with Gasteiger partial charge in [-0.25, -0.2) is 4.98 Å². The molecule has 1 aliphatic heterocycles. The molecule has 1 N–H and O–H groups in total. The van der Waals surface area contributed by atoms with Gasteiger partial charge in [0.25, 0.3) is 5.56 Å². The maximum atomic E-state index is 11.9. The van der Waals surface area contributed by atoms with Crippen LogP contribution in [-0.2, 0) is 26.2 Å². The number of benzene rings is 1. The third-order valence-electron chi connectivity index (χ3n) is 3.70. The normalized spacial score (nSPS) is 14.4. The van der Waals surface area contributed by atoms with Crippen LogP contribution in [0.5, 0.6) is 5.75 Å². The molecule has 5 nitrogen and oxygen atoms in total. The molecule has 0 fully saturated rings. The Bertz CT molecular complexity index is 669. The van der Waals surface area contributed by atoms with Crippen LogP contribution < -0.4 is 5.56 Å². The molecule has 0 atom stereocenters. The fourth-order valence-electron chi connectivity index (χ4n) is 2.68. The molecule has 0 saturated heterocycles. The first-order valence-electron chi connectivity index (χ1n) is 6.76. The predicted octanol–water partition coefficient (Wildman–Crippen LogP) is 1.48. The van der Waals surface area contributed by atoms with Crippen molar-refractivity contribution in [1.82, 2.24) is 14.5 Å². The van der Waals surface area contributed by atoms with Crippen molar-refractivity contribution in [2.75, 3.05) is 0 Å². The van der Waals surface area contributed by atoms with Gasteiger partial charge in [-0.2, -0.15) is 0 Å². The minimum absolute atomic E-state index is 0.291. The summed E-state index contributed by atoms with van der Waals surface area (Å²) in [5, 5.41) is 9.45. The zero-order chi connectivity index (χ0) is 14.1. The summed E-state index contributed by atoms with van der Waals surface area (Å²) in [5.74, 6) is 0.406. The summed E-state index contributed by atoms with van der Waals surface area (Å²) in [7, 11) is 0. The highest BCUT2D eigenvalue weighted by atomic mass is 16.3. The maximum Gasteiger partial charge on any atom is 0.295 e. The van der Waals surface area contributed by atoms with Gasteiger partial charge in [0.05, 0.1) is 12.7 Å². The van der Waals surface area contributed by atoms with Crippen molar-refractivity contribution in [3.63, 3.8) is 0 Å². The van der Waals surface area contributed by atoms with Crippen LogP contribution in [-0.4, -0.2) is 19.6 Å².